The molecule has 1 aliphatic heterocycles. The summed E-state index contributed by atoms with van der Waals surface area (Å²) in [7, 11) is 0. The minimum atomic E-state index is -1.11. The normalized spacial score (nSPS) is 13.4. The molecule has 0 spiro atoms. The standard InChI is InChI=1S/C15H13NO5/c17-14-6-2-9-1-3-10(7-12(9)16-14)20-8-11-4-5-13(21-11)15(18)19/h1,3-5,7H,2,6,8H2,(H,16,17)(H,18,19). The first-order valence-corrected chi connectivity index (χ1v) is 6.49. The first-order chi connectivity index (χ1) is 10.1. The van der Waals surface area contributed by atoms with Gasteiger partial charge in [0, 0.05) is 18.2 Å². The fraction of sp³-hybridized carbons (Fsp3) is 0.200. The Balaban J connectivity index is 1.69. The summed E-state index contributed by atoms with van der Waals surface area (Å²) in [6, 6.07) is 8.43. The summed E-state index contributed by atoms with van der Waals surface area (Å²) in [5, 5.41) is 11.6. The van der Waals surface area contributed by atoms with E-state index in [0.717, 1.165) is 17.7 Å². The number of aromatic carboxylic acids is 1. The van der Waals surface area contributed by atoms with Crippen LogP contribution in [0.2, 0.25) is 0 Å². The number of ether oxygens (including phenoxy) is 1. The summed E-state index contributed by atoms with van der Waals surface area (Å²) in [6.07, 6.45) is 1.22. The molecule has 6 nitrogen and oxygen atoms in total. The van der Waals surface area contributed by atoms with Crippen LogP contribution in [-0.2, 0) is 17.8 Å². The summed E-state index contributed by atoms with van der Waals surface area (Å²) in [4.78, 5) is 22.1. The SMILES string of the molecule is O=C1CCc2ccc(OCc3ccc(C(=O)O)o3)cc2N1. The van der Waals surface area contributed by atoms with Crippen LogP contribution < -0.4 is 10.1 Å². The lowest BCUT2D eigenvalue weighted by Crippen LogP contribution is -2.18. The van der Waals surface area contributed by atoms with Gasteiger partial charge in [-0.05, 0) is 30.2 Å². The van der Waals surface area contributed by atoms with Crippen LogP contribution in [0.5, 0.6) is 5.75 Å². The predicted molar refractivity (Wildman–Crippen MR) is 73.4 cm³/mol. The molecule has 0 bridgehead atoms. The molecule has 0 saturated carbocycles. The zero-order valence-electron chi connectivity index (χ0n) is 11.1. The van der Waals surface area contributed by atoms with Crippen LogP contribution in [0.3, 0.4) is 0 Å². The van der Waals surface area contributed by atoms with Gasteiger partial charge in [0.2, 0.25) is 11.7 Å². The molecule has 3 rings (SSSR count). The van der Waals surface area contributed by atoms with E-state index >= 15 is 0 Å². The van der Waals surface area contributed by atoms with Gasteiger partial charge >= 0.3 is 5.97 Å². The minimum absolute atomic E-state index is 0.00298. The van der Waals surface area contributed by atoms with Crippen LogP contribution in [0.15, 0.2) is 34.7 Å². The number of amides is 1. The lowest BCUT2D eigenvalue weighted by molar-refractivity contribution is -0.116. The van der Waals surface area contributed by atoms with E-state index in [2.05, 4.69) is 5.32 Å². The van der Waals surface area contributed by atoms with Crippen molar-refractivity contribution in [1.29, 1.82) is 0 Å². The summed E-state index contributed by atoms with van der Waals surface area (Å²) in [6.45, 7) is 0.125. The zero-order chi connectivity index (χ0) is 14.8. The van der Waals surface area contributed by atoms with Crippen LogP contribution in [0.25, 0.3) is 0 Å². The third-order valence-electron chi connectivity index (χ3n) is 3.23. The second-order valence-electron chi connectivity index (χ2n) is 4.73. The highest BCUT2D eigenvalue weighted by atomic mass is 16.5. The topological polar surface area (TPSA) is 88.8 Å². The zero-order valence-corrected chi connectivity index (χ0v) is 11.1. The Morgan fingerprint density at radius 2 is 2.14 bits per heavy atom. The van der Waals surface area contributed by atoms with Crippen LogP contribution >= 0.6 is 0 Å². The Labute approximate surface area is 120 Å². The number of aryl methyl sites for hydroxylation is 1. The number of benzene rings is 1. The molecule has 0 fully saturated rings. The Bertz CT molecular complexity index is 704. The molecule has 1 aliphatic rings. The molecule has 2 aromatic rings. The summed E-state index contributed by atoms with van der Waals surface area (Å²) >= 11 is 0. The molecule has 0 radical (unpaired) electrons. The summed E-state index contributed by atoms with van der Waals surface area (Å²) < 4.78 is 10.7. The number of rotatable bonds is 4. The smallest absolute Gasteiger partial charge is 0.371 e. The first-order valence-electron chi connectivity index (χ1n) is 6.49. The molecule has 1 amide bonds. The fourth-order valence-electron chi connectivity index (χ4n) is 2.17. The van der Waals surface area contributed by atoms with Gasteiger partial charge in [-0.3, -0.25) is 4.79 Å². The molecule has 0 saturated heterocycles. The van der Waals surface area contributed by atoms with Crippen LogP contribution in [-0.4, -0.2) is 17.0 Å². The highest BCUT2D eigenvalue weighted by Crippen LogP contribution is 2.27. The Kier molecular flexibility index (Phi) is 3.35. The van der Waals surface area contributed by atoms with E-state index in [9.17, 15) is 9.59 Å². The van der Waals surface area contributed by atoms with Crippen molar-refractivity contribution in [2.24, 2.45) is 0 Å². The van der Waals surface area contributed by atoms with E-state index in [1.165, 1.54) is 6.07 Å². The number of carboxylic acid groups (broad SMARTS) is 1. The van der Waals surface area contributed by atoms with Gasteiger partial charge in [0.1, 0.15) is 18.1 Å². The molecule has 0 unspecified atom stereocenters. The highest BCUT2D eigenvalue weighted by Gasteiger charge is 2.15. The maximum atomic E-state index is 11.4. The summed E-state index contributed by atoms with van der Waals surface area (Å²) in [5.41, 5.74) is 1.84. The van der Waals surface area contributed by atoms with E-state index < -0.39 is 5.97 Å². The van der Waals surface area contributed by atoms with Crippen molar-refractivity contribution in [2.45, 2.75) is 19.4 Å². The molecular formula is C15H13NO5. The molecule has 6 heteroatoms. The number of anilines is 1. The van der Waals surface area contributed by atoms with E-state index in [4.69, 9.17) is 14.3 Å². The first kappa shape index (κ1) is 13.2. The molecule has 21 heavy (non-hydrogen) atoms. The number of hydrogen-bond donors (Lipinski definition) is 2. The lowest BCUT2D eigenvalue weighted by Gasteiger charge is -2.17. The van der Waals surface area contributed by atoms with E-state index in [1.54, 1.807) is 12.1 Å². The van der Waals surface area contributed by atoms with Gasteiger partial charge in [0.05, 0.1) is 0 Å². The van der Waals surface area contributed by atoms with Gasteiger partial charge < -0.3 is 19.6 Å². The minimum Gasteiger partial charge on any atom is -0.486 e. The molecular weight excluding hydrogens is 274 g/mol. The van der Waals surface area contributed by atoms with Gasteiger partial charge in [-0.25, -0.2) is 4.79 Å². The van der Waals surface area contributed by atoms with Crippen molar-refractivity contribution >= 4 is 17.6 Å². The van der Waals surface area contributed by atoms with Crippen molar-refractivity contribution in [3.05, 3.63) is 47.4 Å². The maximum Gasteiger partial charge on any atom is 0.371 e. The second-order valence-corrected chi connectivity index (χ2v) is 4.73. The monoisotopic (exact) mass is 287 g/mol. The Morgan fingerprint density at radius 3 is 2.90 bits per heavy atom. The quantitative estimate of drug-likeness (QED) is 0.901. The van der Waals surface area contributed by atoms with Crippen molar-refractivity contribution < 1.29 is 23.8 Å². The van der Waals surface area contributed by atoms with Crippen LogP contribution in [0.1, 0.15) is 28.3 Å². The number of furan rings is 1. The molecule has 108 valence electrons. The van der Waals surface area contributed by atoms with E-state index in [0.29, 0.717) is 17.9 Å². The molecule has 2 N–H and O–H groups in total. The predicted octanol–water partition coefficient (Wildman–Crippen LogP) is 2.44. The van der Waals surface area contributed by atoms with Crippen molar-refractivity contribution in [2.75, 3.05) is 5.32 Å². The Morgan fingerprint density at radius 1 is 1.29 bits per heavy atom. The number of hydrogen-bond acceptors (Lipinski definition) is 4. The van der Waals surface area contributed by atoms with Crippen molar-refractivity contribution in [3.63, 3.8) is 0 Å². The fourth-order valence-corrected chi connectivity index (χ4v) is 2.17. The maximum absolute atomic E-state index is 11.4. The van der Waals surface area contributed by atoms with Crippen molar-refractivity contribution in [1.82, 2.24) is 0 Å². The largest absolute Gasteiger partial charge is 0.486 e. The van der Waals surface area contributed by atoms with Gasteiger partial charge in [-0.2, -0.15) is 0 Å². The number of carbonyl (C=O) groups is 2. The number of carbonyl (C=O) groups excluding carboxylic acids is 1. The van der Waals surface area contributed by atoms with E-state index in [-0.39, 0.29) is 18.3 Å². The third kappa shape index (κ3) is 2.89. The van der Waals surface area contributed by atoms with Gasteiger partial charge in [0.25, 0.3) is 0 Å². The molecule has 1 aromatic heterocycles. The Hall–Kier alpha value is -2.76. The number of fused-ring (bicyclic) bond motifs is 1. The molecule has 0 aliphatic carbocycles. The lowest BCUT2D eigenvalue weighted by atomic mass is 10.0. The van der Waals surface area contributed by atoms with Crippen molar-refractivity contribution in [3.8, 4) is 5.75 Å². The van der Waals surface area contributed by atoms with Gasteiger partial charge in [-0.15, -0.1) is 0 Å². The highest BCUT2D eigenvalue weighted by molar-refractivity contribution is 5.94. The average Bonchev–Trinajstić information content (AvgIpc) is 2.93. The van der Waals surface area contributed by atoms with Crippen LogP contribution in [0, 0.1) is 0 Å². The summed E-state index contributed by atoms with van der Waals surface area (Å²) in [5.74, 6) is -0.223. The third-order valence-corrected chi connectivity index (χ3v) is 3.23. The van der Waals surface area contributed by atoms with Gasteiger partial charge in [0.15, 0.2) is 0 Å². The average molecular weight is 287 g/mol. The molecule has 0 atom stereocenters. The number of nitrogens with one attached hydrogen (secondary N) is 1. The number of carboxylic acids is 1. The molecule has 2 heterocycles. The van der Waals surface area contributed by atoms with Gasteiger partial charge in [-0.1, -0.05) is 6.07 Å². The van der Waals surface area contributed by atoms with E-state index in [1.807, 2.05) is 12.1 Å². The molecule has 1 aromatic carbocycles. The van der Waals surface area contributed by atoms with Crippen LogP contribution in [0.4, 0.5) is 5.69 Å². The second kappa shape index (κ2) is 5.32.